The molecule has 4 rings (SSSR count). The third-order valence-corrected chi connectivity index (χ3v) is 4.52. The standard InChI is InChI=1S/C17H17FN4O3/c1-8-7-25-17(24)22(8)12-4-10-5-13(21-16(23)9-2-3-9)20-6-11(10)15(19)14(12)18/h4-6,8-9H,2-3,7,19H2,1H3,(H,20,21,23). The number of nitrogen functional groups attached to an aromatic ring is 1. The summed E-state index contributed by atoms with van der Waals surface area (Å²) in [7, 11) is 0. The van der Waals surface area contributed by atoms with Crippen molar-refractivity contribution >= 4 is 40.0 Å². The zero-order valence-corrected chi connectivity index (χ0v) is 13.6. The fourth-order valence-electron chi connectivity index (χ4n) is 2.95. The Morgan fingerprint density at radius 3 is 2.84 bits per heavy atom. The van der Waals surface area contributed by atoms with Crippen LogP contribution in [0.1, 0.15) is 19.8 Å². The number of fused-ring (bicyclic) bond motifs is 1. The lowest BCUT2D eigenvalue weighted by molar-refractivity contribution is -0.117. The molecule has 2 heterocycles. The average molecular weight is 344 g/mol. The van der Waals surface area contributed by atoms with Crippen LogP contribution in [0, 0.1) is 11.7 Å². The summed E-state index contributed by atoms with van der Waals surface area (Å²) in [5.41, 5.74) is 5.88. The van der Waals surface area contributed by atoms with Gasteiger partial charge in [-0.15, -0.1) is 0 Å². The van der Waals surface area contributed by atoms with Gasteiger partial charge in [0.2, 0.25) is 5.91 Å². The van der Waals surface area contributed by atoms with Crippen LogP contribution in [0.5, 0.6) is 0 Å². The minimum atomic E-state index is -0.685. The highest BCUT2D eigenvalue weighted by Gasteiger charge is 2.34. The van der Waals surface area contributed by atoms with Gasteiger partial charge in [0.1, 0.15) is 12.4 Å². The van der Waals surface area contributed by atoms with Crippen LogP contribution in [-0.2, 0) is 9.53 Å². The van der Waals surface area contributed by atoms with Gasteiger partial charge in [-0.25, -0.2) is 14.2 Å². The molecule has 1 aliphatic heterocycles. The van der Waals surface area contributed by atoms with Gasteiger partial charge in [-0.2, -0.15) is 0 Å². The first-order valence-corrected chi connectivity index (χ1v) is 8.10. The molecule has 8 heteroatoms. The maximum Gasteiger partial charge on any atom is 0.414 e. The smallest absolute Gasteiger partial charge is 0.414 e. The molecule has 1 saturated carbocycles. The van der Waals surface area contributed by atoms with Gasteiger partial charge in [-0.1, -0.05) is 0 Å². The fraction of sp³-hybridized carbons (Fsp3) is 0.353. The number of ether oxygens (including phenoxy) is 1. The number of nitrogens with one attached hydrogen (secondary N) is 1. The van der Waals surface area contributed by atoms with E-state index in [0.717, 1.165) is 12.8 Å². The summed E-state index contributed by atoms with van der Waals surface area (Å²) < 4.78 is 19.6. The molecular weight excluding hydrogens is 327 g/mol. The molecule has 1 atom stereocenters. The van der Waals surface area contributed by atoms with Crippen molar-refractivity contribution in [2.45, 2.75) is 25.8 Å². The van der Waals surface area contributed by atoms with Gasteiger partial charge in [0, 0.05) is 17.5 Å². The normalized spacial score (nSPS) is 20.0. The molecule has 1 aromatic carbocycles. The first-order valence-electron chi connectivity index (χ1n) is 8.10. The summed E-state index contributed by atoms with van der Waals surface area (Å²) in [6, 6.07) is 2.86. The van der Waals surface area contributed by atoms with Gasteiger partial charge < -0.3 is 15.8 Å². The number of rotatable bonds is 3. The molecule has 130 valence electrons. The monoisotopic (exact) mass is 344 g/mol. The highest BCUT2D eigenvalue weighted by molar-refractivity contribution is 6.02. The van der Waals surface area contributed by atoms with E-state index < -0.39 is 11.9 Å². The molecule has 0 spiro atoms. The Morgan fingerprint density at radius 1 is 1.44 bits per heavy atom. The predicted molar refractivity (Wildman–Crippen MR) is 90.8 cm³/mol. The molecule has 1 unspecified atom stereocenters. The summed E-state index contributed by atoms with van der Waals surface area (Å²) in [5.74, 6) is -0.335. The van der Waals surface area contributed by atoms with Crippen LogP contribution in [0.4, 0.5) is 26.4 Å². The number of hydrogen-bond donors (Lipinski definition) is 2. The number of anilines is 3. The number of aromatic nitrogens is 1. The van der Waals surface area contributed by atoms with Gasteiger partial charge in [-0.05, 0) is 37.3 Å². The molecule has 0 radical (unpaired) electrons. The van der Waals surface area contributed by atoms with Crippen molar-refractivity contribution in [3.63, 3.8) is 0 Å². The number of carbonyl (C=O) groups excluding carboxylic acids is 2. The van der Waals surface area contributed by atoms with Crippen LogP contribution < -0.4 is 16.0 Å². The minimum Gasteiger partial charge on any atom is -0.447 e. The number of pyridine rings is 1. The van der Waals surface area contributed by atoms with Crippen LogP contribution in [0.2, 0.25) is 0 Å². The van der Waals surface area contributed by atoms with E-state index in [9.17, 15) is 14.0 Å². The van der Waals surface area contributed by atoms with Crippen molar-refractivity contribution < 1.29 is 18.7 Å². The largest absolute Gasteiger partial charge is 0.447 e. The molecule has 3 N–H and O–H groups in total. The first kappa shape index (κ1) is 15.6. The second-order valence-corrected chi connectivity index (χ2v) is 6.47. The molecule has 25 heavy (non-hydrogen) atoms. The fourth-order valence-corrected chi connectivity index (χ4v) is 2.95. The Bertz CT molecular complexity index is 897. The van der Waals surface area contributed by atoms with Gasteiger partial charge >= 0.3 is 6.09 Å². The number of nitrogens with two attached hydrogens (primary N) is 1. The Labute approximate surface area is 142 Å². The van der Waals surface area contributed by atoms with Crippen molar-refractivity contribution in [3.05, 3.63) is 24.1 Å². The second-order valence-electron chi connectivity index (χ2n) is 6.47. The highest BCUT2D eigenvalue weighted by atomic mass is 19.1. The molecule has 7 nitrogen and oxygen atoms in total. The Hall–Kier alpha value is -2.90. The molecule has 0 bridgehead atoms. The molecule has 2 aromatic rings. The molecule has 1 aliphatic carbocycles. The summed E-state index contributed by atoms with van der Waals surface area (Å²) in [6.45, 7) is 1.95. The van der Waals surface area contributed by atoms with Crippen molar-refractivity contribution in [2.75, 3.05) is 22.6 Å². The molecule has 1 aromatic heterocycles. The molecule has 2 fully saturated rings. The van der Waals surface area contributed by atoms with Crippen LogP contribution in [0.25, 0.3) is 10.8 Å². The lowest BCUT2D eigenvalue weighted by Gasteiger charge is -2.20. The highest BCUT2D eigenvalue weighted by Crippen LogP contribution is 2.36. The summed E-state index contributed by atoms with van der Waals surface area (Å²) in [6.07, 6.45) is 2.58. The third kappa shape index (κ3) is 2.63. The Balaban J connectivity index is 1.77. The van der Waals surface area contributed by atoms with Crippen LogP contribution in [-0.4, -0.2) is 29.6 Å². The third-order valence-electron chi connectivity index (χ3n) is 4.52. The van der Waals surface area contributed by atoms with E-state index in [1.165, 1.54) is 17.2 Å². The van der Waals surface area contributed by atoms with Gasteiger partial charge in [-0.3, -0.25) is 9.69 Å². The number of amides is 2. The average Bonchev–Trinajstić information content (AvgIpc) is 3.38. The van der Waals surface area contributed by atoms with Crippen LogP contribution >= 0.6 is 0 Å². The zero-order valence-electron chi connectivity index (χ0n) is 13.6. The Morgan fingerprint density at radius 2 is 2.20 bits per heavy atom. The first-order chi connectivity index (χ1) is 12.0. The van der Waals surface area contributed by atoms with Gasteiger partial charge in [0.05, 0.1) is 17.4 Å². The molecular formula is C17H17FN4O3. The minimum absolute atomic E-state index is 0.0477. The number of benzene rings is 1. The van der Waals surface area contributed by atoms with Crippen LogP contribution in [0.15, 0.2) is 18.3 Å². The van der Waals surface area contributed by atoms with Gasteiger partial charge in [0.15, 0.2) is 5.82 Å². The lowest BCUT2D eigenvalue weighted by atomic mass is 10.1. The van der Waals surface area contributed by atoms with Gasteiger partial charge in [0.25, 0.3) is 0 Å². The second kappa shape index (κ2) is 5.58. The van der Waals surface area contributed by atoms with E-state index in [1.54, 1.807) is 13.0 Å². The number of carbonyl (C=O) groups is 2. The van der Waals surface area contributed by atoms with E-state index in [4.69, 9.17) is 10.5 Å². The summed E-state index contributed by atoms with van der Waals surface area (Å²) in [5, 5.41) is 3.75. The van der Waals surface area contributed by atoms with Crippen molar-refractivity contribution in [1.82, 2.24) is 4.98 Å². The molecule has 2 aliphatic rings. The van der Waals surface area contributed by atoms with E-state index in [1.807, 2.05) is 0 Å². The van der Waals surface area contributed by atoms with E-state index in [2.05, 4.69) is 10.3 Å². The van der Waals surface area contributed by atoms with Crippen molar-refractivity contribution in [1.29, 1.82) is 0 Å². The number of nitrogens with zero attached hydrogens (tertiary/aromatic N) is 2. The summed E-state index contributed by atoms with van der Waals surface area (Å²) >= 11 is 0. The lowest BCUT2D eigenvalue weighted by Crippen LogP contribution is -2.31. The van der Waals surface area contributed by atoms with E-state index in [0.29, 0.717) is 16.6 Å². The molecule has 1 saturated heterocycles. The van der Waals surface area contributed by atoms with E-state index in [-0.39, 0.29) is 35.8 Å². The predicted octanol–water partition coefficient (Wildman–Crippen LogP) is 2.65. The van der Waals surface area contributed by atoms with Crippen molar-refractivity contribution in [2.24, 2.45) is 5.92 Å². The van der Waals surface area contributed by atoms with Crippen LogP contribution in [0.3, 0.4) is 0 Å². The maximum absolute atomic E-state index is 14.7. The number of cyclic esters (lactones) is 1. The zero-order chi connectivity index (χ0) is 17.7. The topological polar surface area (TPSA) is 97.5 Å². The number of hydrogen-bond acceptors (Lipinski definition) is 5. The SMILES string of the molecule is CC1COC(=O)N1c1cc2cc(NC(=O)C3CC3)ncc2c(N)c1F. The molecule has 2 amide bonds. The Kier molecular flexibility index (Phi) is 3.48. The quantitative estimate of drug-likeness (QED) is 0.834. The van der Waals surface area contributed by atoms with E-state index >= 15 is 0 Å². The summed E-state index contributed by atoms with van der Waals surface area (Å²) in [4.78, 5) is 29.2. The van der Waals surface area contributed by atoms with Crippen molar-refractivity contribution in [3.8, 4) is 0 Å². The number of halogens is 1. The maximum atomic E-state index is 14.7.